The fourth-order valence-corrected chi connectivity index (χ4v) is 3.77. The van der Waals surface area contributed by atoms with E-state index in [-0.39, 0.29) is 6.42 Å². The van der Waals surface area contributed by atoms with Crippen LogP contribution < -0.4 is 24.3 Å². The summed E-state index contributed by atoms with van der Waals surface area (Å²) in [6, 6.07) is 7.56. The highest BCUT2D eigenvalue weighted by atomic mass is 16.5. The molecule has 2 aromatic rings. The van der Waals surface area contributed by atoms with Gasteiger partial charge in [-0.25, -0.2) is 4.79 Å². The summed E-state index contributed by atoms with van der Waals surface area (Å²) in [4.78, 5) is 26.2. The number of carbonyl (C=O) groups excluding carboxylic acids is 1. The number of carboxylic acids is 1. The molecule has 2 N–H and O–H groups in total. The molecule has 3 rings (SSSR count). The molecule has 2 aromatic carbocycles. The second-order valence-electron chi connectivity index (χ2n) is 6.96. The van der Waals surface area contributed by atoms with E-state index in [9.17, 15) is 14.7 Å². The van der Waals surface area contributed by atoms with Crippen molar-refractivity contribution in [3.63, 3.8) is 0 Å². The van der Waals surface area contributed by atoms with Crippen molar-refractivity contribution in [2.24, 2.45) is 0 Å². The number of nitrogens with zero attached hydrogens (tertiary/aromatic N) is 1. The Hall–Kier alpha value is -3.62. The number of hydrogen-bond donors (Lipinski definition) is 2. The lowest BCUT2D eigenvalue weighted by molar-refractivity contribution is -0.138. The largest absolute Gasteiger partial charge is 0.493 e. The van der Waals surface area contributed by atoms with Gasteiger partial charge in [-0.15, -0.1) is 0 Å². The monoisotopic (exact) mass is 430 g/mol. The average molecular weight is 430 g/mol. The highest BCUT2D eigenvalue weighted by Crippen LogP contribution is 2.40. The zero-order valence-electron chi connectivity index (χ0n) is 17.9. The molecule has 1 aliphatic heterocycles. The smallest absolute Gasteiger partial charge is 0.322 e. The number of urea groups is 1. The van der Waals surface area contributed by atoms with Gasteiger partial charge in [-0.2, -0.15) is 0 Å². The van der Waals surface area contributed by atoms with E-state index in [0.29, 0.717) is 41.7 Å². The highest BCUT2D eigenvalue weighted by Gasteiger charge is 2.34. The number of rotatable bonds is 7. The van der Waals surface area contributed by atoms with Crippen LogP contribution in [0.2, 0.25) is 0 Å². The molecule has 1 aliphatic rings. The lowest BCUT2D eigenvalue weighted by Gasteiger charge is -2.37. The van der Waals surface area contributed by atoms with Crippen LogP contribution in [0.25, 0.3) is 0 Å². The molecule has 2 amide bonds. The normalized spacial score (nSPS) is 15.0. The molecule has 0 aromatic heterocycles. The topological polar surface area (TPSA) is 107 Å². The molecule has 0 saturated carbocycles. The fraction of sp³-hybridized carbons (Fsp3) is 0.364. The standard InChI is InChI=1S/C22H26N2O7/c1-28-17-6-5-14(10-19(17)30-3)23-22(27)24-8-7-13-9-18(29-2)20(31-4)11-15(13)16(24)12-21(25)26/h5-6,9-11,16H,7-8,12H2,1-4H3,(H,23,27)(H,25,26)/t16-/m0/s1. The maximum absolute atomic E-state index is 13.1. The molecule has 0 unspecified atom stereocenters. The van der Waals surface area contributed by atoms with Crippen LogP contribution in [0.15, 0.2) is 30.3 Å². The van der Waals surface area contributed by atoms with Crippen molar-refractivity contribution >= 4 is 17.7 Å². The third-order valence-corrected chi connectivity index (χ3v) is 5.27. The Labute approximate surface area is 180 Å². The highest BCUT2D eigenvalue weighted by molar-refractivity contribution is 5.90. The second-order valence-corrected chi connectivity index (χ2v) is 6.96. The molecular weight excluding hydrogens is 404 g/mol. The number of nitrogens with one attached hydrogen (secondary N) is 1. The molecule has 166 valence electrons. The quantitative estimate of drug-likeness (QED) is 0.694. The van der Waals surface area contributed by atoms with Crippen molar-refractivity contribution in [3.8, 4) is 23.0 Å². The molecule has 0 spiro atoms. The minimum absolute atomic E-state index is 0.234. The van der Waals surface area contributed by atoms with Crippen molar-refractivity contribution in [1.82, 2.24) is 4.90 Å². The van der Waals surface area contributed by atoms with Gasteiger partial charge >= 0.3 is 12.0 Å². The summed E-state index contributed by atoms with van der Waals surface area (Å²) in [7, 11) is 6.10. The van der Waals surface area contributed by atoms with Crippen LogP contribution in [-0.4, -0.2) is 57.0 Å². The van der Waals surface area contributed by atoms with E-state index >= 15 is 0 Å². The minimum Gasteiger partial charge on any atom is -0.493 e. The Kier molecular flexibility index (Phi) is 6.74. The Balaban J connectivity index is 1.91. The number of carboxylic acid groups (broad SMARTS) is 1. The van der Waals surface area contributed by atoms with E-state index in [1.165, 1.54) is 26.2 Å². The molecule has 0 saturated heterocycles. The van der Waals surface area contributed by atoms with Gasteiger partial charge in [0.15, 0.2) is 23.0 Å². The van der Waals surface area contributed by atoms with Crippen LogP contribution in [0.4, 0.5) is 10.5 Å². The van der Waals surface area contributed by atoms with Crippen LogP contribution >= 0.6 is 0 Å². The Bertz CT molecular complexity index is 977. The summed E-state index contributed by atoms with van der Waals surface area (Å²) in [6.45, 7) is 0.361. The molecule has 0 fully saturated rings. The van der Waals surface area contributed by atoms with E-state index in [0.717, 1.165) is 11.1 Å². The van der Waals surface area contributed by atoms with E-state index in [2.05, 4.69) is 5.32 Å². The molecular formula is C22H26N2O7. The van der Waals surface area contributed by atoms with Crippen molar-refractivity contribution in [2.75, 3.05) is 40.3 Å². The van der Waals surface area contributed by atoms with E-state index in [1.54, 1.807) is 31.4 Å². The van der Waals surface area contributed by atoms with Crippen LogP contribution in [0, 0.1) is 0 Å². The van der Waals surface area contributed by atoms with E-state index in [4.69, 9.17) is 18.9 Å². The van der Waals surface area contributed by atoms with Gasteiger partial charge in [0.1, 0.15) is 0 Å². The van der Waals surface area contributed by atoms with Crippen LogP contribution in [0.3, 0.4) is 0 Å². The number of methoxy groups -OCH3 is 4. The molecule has 31 heavy (non-hydrogen) atoms. The Morgan fingerprint density at radius 2 is 1.58 bits per heavy atom. The van der Waals surface area contributed by atoms with Gasteiger partial charge < -0.3 is 34.3 Å². The van der Waals surface area contributed by atoms with Gasteiger partial charge in [-0.3, -0.25) is 4.79 Å². The fourth-order valence-electron chi connectivity index (χ4n) is 3.77. The first-order valence-corrected chi connectivity index (χ1v) is 9.68. The van der Waals surface area contributed by atoms with Crippen LogP contribution in [0.1, 0.15) is 23.6 Å². The first-order chi connectivity index (χ1) is 14.9. The molecule has 0 radical (unpaired) electrons. The summed E-state index contributed by atoms with van der Waals surface area (Å²) in [5, 5.41) is 12.3. The number of benzene rings is 2. The number of carbonyl (C=O) groups is 2. The zero-order valence-corrected chi connectivity index (χ0v) is 17.9. The lowest BCUT2D eigenvalue weighted by atomic mass is 9.90. The predicted molar refractivity (Wildman–Crippen MR) is 114 cm³/mol. The van der Waals surface area contributed by atoms with E-state index < -0.39 is 18.0 Å². The lowest BCUT2D eigenvalue weighted by Crippen LogP contribution is -2.43. The maximum atomic E-state index is 13.1. The van der Waals surface area contributed by atoms with Crippen molar-refractivity contribution < 1.29 is 33.6 Å². The number of amides is 2. The van der Waals surface area contributed by atoms with Crippen molar-refractivity contribution in [2.45, 2.75) is 18.9 Å². The van der Waals surface area contributed by atoms with Crippen molar-refractivity contribution in [3.05, 3.63) is 41.5 Å². The third-order valence-electron chi connectivity index (χ3n) is 5.27. The molecule has 9 heteroatoms. The maximum Gasteiger partial charge on any atom is 0.322 e. The number of anilines is 1. The second kappa shape index (κ2) is 9.46. The van der Waals surface area contributed by atoms with Crippen LogP contribution in [0.5, 0.6) is 23.0 Å². The number of fused-ring (bicyclic) bond motifs is 1. The Morgan fingerprint density at radius 3 is 2.19 bits per heavy atom. The summed E-state index contributed by atoms with van der Waals surface area (Å²) < 4.78 is 21.2. The Morgan fingerprint density at radius 1 is 0.968 bits per heavy atom. The number of ether oxygens (including phenoxy) is 4. The first kappa shape index (κ1) is 22.1. The molecule has 0 aliphatic carbocycles. The molecule has 9 nitrogen and oxygen atoms in total. The third kappa shape index (κ3) is 4.60. The van der Waals surface area contributed by atoms with E-state index in [1.807, 2.05) is 6.07 Å². The van der Waals surface area contributed by atoms with Crippen molar-refractivity contribution in [1.29, 1.82) is 0 Å². The number of hydrogen-bond acceptors (Lipinski definition) is 6. The van der Waals surface area contributed by atoms with Gasteiger partial charge in [0, 0.05) is 18.3 Å². The molecule has 1 heterocycles. The van der Waals surface area contributed by atoms with Gasteiger partial charge in [0.25, 0.3) is 0 Å². The zero-order chi connectivity index (χ0) is 22.5. The van der Waals surface area contributed by atoms with Crippen LogP contribution in [-0.2, 0) is 11.2 Å². The minimum atomic E-state index is -1.00. The number of aliphatic carboxylic acids is 1. The van der Waals surface area contributed by atoms with Gasteiger partial charge in [-0.05, 0) is 41.8 Å². The molecule has 1 atom stereocenters. The van der Waals surface area contributed by atoms with Gasteiger partial charge in [-0.1, -0.05) is 0 Å². The molecule has 0 bridgehead atoms. The summed E-state index contributed by atoms with van der Waals surface area (Å²) in [6.07, 6.45) is 0.326. The average Bonchev–Trinajstić information content (AvgIpc) is 2.77. The summed E-state index contributed by atoms with van der Waals surface area (Å²) in [5.74, 6) is 1.06. The summed E-state index contributed by atoms with van der Waals surface area (Å²) >= 11 is 0. The summed E-state index contributed by atoms with van der Waals surface area (Å²) in [5.41, 5.74) is 2.17. The van der Waals surface area contributed by atoms with Gasteiger partial charge in [0.05, 0.1) is 40.9 Å². The van der Waals surface area contributed by atoms with Gasteiger partial charge in [0.2, 0.25) is 0 Å². The predicted octanol–water partition coefficient (Wildman–Crippen LogP) is 3.33. The SMILES string of the molecule is COc1ccc(NC(=O)N2CCc3cc(OC)c(OC)cc3[C@@H]2CC(=O)O)cc1OC. The first-order valence-electron chi connectivity index (χ1n) is 9.68.